The summed E-state index contributed by atoms with van der Waals surface area (Å²) in [4.78, 5) is 25.9. The van der Waals surface area contributed by atoms with Crippen molar-refractivity contribution in [2.45, 2.75) is 6.42 Å². The number of halogens is 1. The molecule has 0 saturated heterocycles. The second-order valence-electron chi connectivity index (χ2n) is 4.36. The van der Waals surface area contributed by atoms with Gasteiger partial charge in [-0.25, -0.2) is 0 Å². The highest BCUT2D eigenvalue weighted by molar-refractivity contribution is 14.1. The SMILES string of the molecule is CN(C)C=C1CC(=O)Nc2cc(I)ccc2C1=O. The number of nitrogens with one attached hydrogen (secondary N) is 1. The summed E-state index contributed by atoms with van der Waals surface area (Å²) in [6.45, 7) is 0. The van der Waals surface area contributed by atoms with Gasteiger partial charge in [0.05, 0.1) is 12.1 Å². The number of hydrogen-bond donors (Lipinski definition) is 1. The molecule has 0 saturated carbocycles. The minimum absolute atomic E-state index is 0.0894. The monoisotopic (exact) mass is 356 g/mol. The number of Topliss-reactive ketones (excluding diaryl/α,β-unsaturated/α-hetero) is 1. The van der Waals surface area contributed by atoms with Crippen molar-refractivity contribution in [2.75, 3.05) is 19.4 Å². The van der Waals surface area contributed by atoms with E-state index in [1.165, 1.54) is 0 Å². The van der Waals surface area contributed by atoms with E-state index >= 15 is 0 Å². The Balaban J connectivity index is 2.52. The first-order valence-electron chi connectivity index (χ1n) is 5.48. The van der Waals surface area contributed by atoms with Crippen LogP contribution in [0.2, 0.25) is 0 Å². The Bertz CT molecular complexity index is 550. The number of carbonyl (C=O) groups is 2. The molecule has 0 spiro atoms. The van der Waals surface area contributed by atoms with Crippen LogP contribution in [-0.2, 0) is 4.79 Å². The van der Waals surface area contributed by atoms with Crippen LogP contribution in [0, 0.1) is 3.57 Å². The quantitative estimate of drug-likeness (QED) is 0.620. The fourth-order valence-electron chi connectivity index (χ4n) is 1.85. The van der Waals surface area contributed by atoms with Gasteiger partial charge in [-0.05, 0) is 40.8 Å². The van der Waals surface area contributed by atoms with Crippen LogP contribution in [0.3, 0.4) is 0 Å². The standard InChI is InChI=1S/C13H13IN2O2/c1-16(2)7-8-5-12(17)15-11-6-9(14)3-4-10(11)13(8)18/h3-4,6-7H,5H2,1-2H3,(H,15,17). The van der Waals surface area contributed by atoms with Gasteiger partial charge in [0.1, 0.15) is 0 Å². The molecule has 0 fully saturated rings. The molecule has 0 atom stereocenters. The molecule has 0 radical (unpaired) electrons. The molecule has 1 aromatic rings. The van der Waals surface area contributed by atoms with Crippen molar-refractivity contribution < 1.29 is 9.59 Å². The zero-order chi connectivity index (χ0) is 13.3. The third kappa shape index (κ3) is 2.72. The second kappa shape index (κ2) is 5.09. The van der Waals surface area contributed by atoms with Gasteiger partial charge < -0.3 is 10.2 Å². The Morgan fingerprint density at radius 1 is 1.33 bits per heavy atom. The summed E-state index contributed by atoms with van der Waals surface area (Å²) < 4.78 is 0.986. The summed E-state index contributed by atoms with van der Waals surface area (Å²) in [5, 5.41) is 2.77. The maximum absolute atomic E-state index is 12.3. The number of fused-ring (bicyclic) bond motifs is 1. The molecule has 0 unspecified atom stereocenters. The molecule has 1 heterocycles. The predicted octanol–water partition coefficient (Wildman–Crippen LogP) is 2.26. The zero-order valence-corrected chi connectivity index (χ0v) is 12.3. The van der Waals surface area contributed by atoms with Crippen molar-refractivity contribution in [2.24, 2.45) is 0 Å². The summed E-state index contributed by atoms with van der Waals surface area (Å²) in [5.41, 5.74) is 1.66. The molecule has 18 heavy (non-hydrogen) atoms. The molecule has 0 aliphatic carbocycles. The van der Waals surface area contributed by atoms with Crippen molar-refractivity contribution in [3.63, 3.8) is 0 Å². The minimum Gasteiger partial charge on any atom is -0.383 e. The summed E-state index contributed by atoms with van der Waals surface area (Å²) in [6, 6.07) is 5.43. The van der Waals surface area contributed by atoms with E-state index < -0.39 is 0 Å². The van der Waals surface area contributed by atoms with E-state index in [9.17, 15) is 9.59 Å². The van der Waals surface area contributed by atoms with E-state index in [-0.39, 0.29) is 18.1 Å². The lowest BCUT2D eigenvalue weighted by Crippen LogP contribution is -2.12. The molecular formula is C13H13IN2O2. The first-order chi connectivity index (χ1) is 8.47. The smallest absolute Gasteiger partial charge is 0.229 e. The number of hydrogen-bond acceptors (Lipinski definition) is 3. The minimum atomic E-state index is -0.155. The second-order valence-corrected chi connectivity index (χ2v) is 5.61. The van der Waals surface area contributed by atoms with E-state index in [2.05, 4.69) is 27.9 Å². The average molecular weight is 356 g/mol. The Morgan fingerprint density at radius 2 is 2.06 bits per heavy atom. The molecule has 1 aliphatic rings. The van der Waals surface area contributed by atoms with Crippen molar-refractivity contribution in [1.82, 2.24) is 4.90 Å². The van der Waals surface area contributed by atoms with Gasteiger partial charge in [-0.1, -0.05) is 0 Å². The molecule has 4 nitrogen and oxygen atoms in total. The predicted molar refractivity (Wildman–Crippen MR) is 78.5 cm³/mol. The van der Waals surface area contributed by atoms with Gasteiger partial charge in [0, 0.05) is 35.0 Å². The molecule has 1 amide bonds. The summed E-state index contributed by atoms with van der Waals surface area (Å²) in [6.07, 6.45) is 1.82. The van der Waals surface area contributed by atoms with Crippen molar-refractivity contribution in [3.8, 4) is 0 Å². The zero-order valence-electron chi connectivity index (χ0n) is 10.2. The highest BCUT2D eigenvalue weighted by Crippen LogP contribution is 2.26. The molecule has 1 aromatic carbocycles. The van der Waals surface area contributed by atoms with Crippen LogP contribution in [0.25, 0.3) is 0 Å². The van der Waals surface area contributed by atoms with Crippen LogP contribution in [-0.4, -0.2) is 30.7 Å². The summed E-state index contributed by atoms with van der Waals surface area (Å²) in [7, 11) is 3.66. The molecule has 2 rings (SSSR count). The highest BCUT2D eigenvalue weighted by atomic mass is 127. The van der Waals surface area contributed by atoms with E-state index in [0.717, 1.165) is 3.57 Å². The lowest BCUT2D eigenvalue weighted by Gasteiger charge is -2.08. The molecular weight excluding hydrogens is 343 g/mol. The van der Waals surface area contributed by atoms with Crippen molar-refractivity contribution in [3.05, 3.63) is 39.1 Å². The Morgan fingerprint density at radius 3 is 2.72 bits per heavy atom. The fourth-order valence-corrected chi connectivity index (χ4v) is 2.35. The number of benzene rings is 1. The first-order valence-corrected chi connectivity index (χ1v) is 6.56. The summed E-state index contributed by atoms with van der Waals surface area (Å²) >= 11 is 2.15. The van der Waals surface area contributed by atoms with Gasteiger partial charge in [0.25, 0.3) is 0 Å². The Hall–Kier alpha value is -1.37. The van der Waals surface area contributed by atoms with Gasteiger partial charge >= 0.3 is 0 Å². The van der Waals surface area contributed by atoms with E-state index in [1.54, 1.807) is 17.2 Å². The Labute approximate surface area is 119 Å². The first kappa shape index (κ1) is 13.1. The topological polar surface area (TPSA) is 49.4 Å². The van der Waals surface area contributed by atoms with Crippen LogP contribution in [0.5, 0.6) is 0 Å². The highest BCUT2D eigenvalue weighted by Gasteiger charge is 2.24. The largest absolute Gasteiger partial charge is 0.383 e. The van der Waals surface area contributed by atoms with Gasteiger partial charge in [0.15, 0.2) is 5.78 Å². The number of nitrogens with zero attached hydrogens (tertiary/aromatic N) is 1. The Kier molecular flexibility index (Phi) is 3.70. The fraction of sp³-hybridized carbons (Fsp3) is 0.231. The van der Waals surface area contributed by atoms with Crippen LogP contribution >= 0.6 is 22.6 Å². The van der Waals surface area contributed by atoms with Gasteiger partial charge in [-0.3, -0.25) is 9.59 Å². The molecule has 0 bridgehead atoms. The third-order valence-corrected chi connectivity index (χ3v) is 3.23. The normalized spacial score (nSPS) is 17.2. The number of ketones is 1. The molecule has 94 valence electrons. The molecule has 1 N–H and O–H groups in total. The van der Waals surface area contributed by atoms with Gasteiger partial charge in [-0.15, -0.1) is 0 Å². The number of amides is 1. The van der Waals surface area contributed by atoms with Crippen molar-refractivity contribution >= 4 is 40.0 Å². The lowest BCUT2D eigenvalue weighted by molar-refractivity contribution is -0.115. The maximum atomic E-state index is 12.3. The molecule has 1 aliphatic heterocycles. The van der Waals surface area contributed by atoms with Crippen molar-refractivity contribution in [1.29, 1.82) is 0 Å². The van der Waals surface area contributed by atoms with Crippen LogP contribution < -0.4 is 5.32 Å². The molecule has 5 heteroatoms. The van der Waals surface area contributed by atoms with E-state index in [0.29, 0.717) is 16.8 Å². The number of carbonyl (C=O) groups excluding carboxylic acids is 2. The maximum Gasteiger partial charge on any atom is 0.229 e. The summed E-state index contributed by atoms with van der Waals surface area (Å²) in [5.74, 6) is -0.245. The van der Waals surface area contributed by atoms with Crippen LogP contribution in [0.1, 0.15) is 16.8 Å². The lowest BCUT2D eigenvalue weighted by atomic mass is 10.0. The van der Waals surface area contributed by atoms with Crippen LogP contribution in [0.15, 0.2) is 30.0 Å². The van der Waals surface area contributed by atoms with Crippen LogP contribution in [0.4, 0.5) is 5.69 Å². The third-order valence-electron chi connectivity index (χ3n) is 2.56. The number of rotatable bonds is 1. The van der Waals surface area contributed by atoms with Gasteiger partial charge in [0.2, 0.25) is 5.91 Å². The average Bonchev–Trinajstić information content (AvgIpc) is 2.36. The van der Waals surface area contributed by atoms with E-state index in [1.807, 2.05) is 26.2 Å². The van der Waals surface area contributed by atoms with Gasteiger partial charge in [-0.2, -0.15) is 0 Å². The van der Waals surface area contributed by atoms with E-state index in [4.69, 9.17) is 0 Å². The molecule has 0 aromatic heterocycles. The number of anilines is 1.